The number of hydrogen-bond acceptors (Lipinski definition) is 4. The summed E-state index contributed by atoms with van der Waals surface area (Å²) in [4.78, 5) is 14.3. The normalized spacial score (nSPS) is 18.6. The Kier molecular flexibility index (Phi) is 4.33. The maximum absolute atomic E-state index is 12.0. The van der Waals surface area contributed by atoms with Crippen molar-refractivity contribution in [3.8, 4) is 0 Å². The van der Waals surface area contributed by atoms with E-state index in [-0.39, 0.29) is 11.9 Å². The summed E-state index contributed by atoms with van der Waals surface area (Å²) in [6.45, 7) is 8.14. The molecule has 2 rings (SSSR count). The average Bonchev–Trinajstić information content (AvgIpc) is 2.76. The van der Waals surface area contributed by atoms with E-state index < -0.39 is 0 Å². The van der Waals surface area contributed by atoms with Gasteiger partial charge in [0.25, 0.3) is 5.91 Å². The van der Waals surface area contributed by atoms with Crippen LogP contribution in [0.3, 0.4) is 0 Å². The van der Waals surface area contributed by atoms with Gasteiger partial charge in [0.2, 0.25) is 0 Å². The molecule has 2 heterocycles. The second-order valence-electron chi connectivity index (χ2n) is 4.70. The largest absolute Gasteiger partial charge is 0.379 e. The minimum atomic E-state index is -0.0676. The van der Waals surface area contributed by atoms with Gasteiger partial charge in [-0.3, -0.25) is 14.8 Å². The number of aryl methyl sites for hydroxylation is 1. The van der Waals surface area contributed by atoms with Crippen molar-refractivity contribution in [2.24, 2.45) is 0 Å². The maximum Gasteiger partial charge on any atom is 0.254 e. The topological polar surface area (TPSA) is 70.2 Å². The fourth-order valence-corrected chi connectivity index (χ4v) is 2.10. The number of nitrogens with zero attached hydrogens (tertiary/aromatic N) is 2. The van der Waals surface area contributed by atoms with E-state index in [0.29, 0.717) is 5.56 Å². The van der Waals surface area contributed by atoms with Crippen LogP contribution in [0, 0.1) is 6.92 Å². The highest BCUT2D eigenvalue weighted by Gasteiger charge is 2.17. The first kappa shape index (κ1) is 13.0. The van der Waals surface area contributed by atoms with Gasteiger partial charge in [0.1, 0.15) is 0 Å². The summed E-state index contributed by atoms with van der Waals surface area (Å²) in [5, 5.41) is 9.61. The molecule has 1 aliphatic rings. The van der Waals surface area contributed by atoms with Crippen LogP contribution >= 0.6 is 0 Å². The summed E-state index contributed by atoms with van der Waals surface area (Å²) < 4.78 is 5.30. The third kappa shape index (κ3) is 3.30. The maximum atomic E-state index is 12.0. The van der Waals surface area contributed by atoms with E-state index in [9.17, 15) is 4.79 Å². The van der Waals surface area contributed by atoms with E-state index in [1.54, 1.807) is 6.20 Å². The van der Waals surface area contributed by atoms with Crippen molar-refractivity contribution >= 4 is 5.91 Å². The quantitative estimate of drug-likeness (QED) is 0.801. The second kappa shape index (κ2) is 5.97. The van der Waals surface area contributed by atoms with Crippen LogP contribution in [0.4, 0.5) is 0 Å². The highest BCUT2D eigenvalue weighted by Crippen LogP contribution is 2.04. The molecule has 6 nitrogen and oxygen atoms in total. The lowest BCUT2D eigenvalue weighted by molar-refractivity contribution is 0.0342. The molecule has 0 bridgehead atoms. The molecule has 1 aromatic heterocycles. The van der Waals surface area contributed by atoms with Gasteiger partial charge in [-0.25, -0.2) is 0 Å². The Morgan fingerprint density at radius 2 is 2.33 bits per heavy atom. The van der Waals surface area contributed by atoms with Crippen molar-refractivity contribution < 1.29 is 9.53 Å². The van der Waals surface area contributed by atoms with Crippen LogP contribution in [0.15, 0.2) is 6.20 Å². The van der Waals surface area contributed by atoms with Crippen LogP contribution < -0.4 is 5.32 Å². The second-order valence-corrected chi connectivity index (χ2v) is 4.70. The molecule has 6 heteroatoms. The Hall–Kier alpha value is -1.40. The number of carbonyl (C=O) groups is 1. The van der Waals surface area contributed by atoms with E-state index >= 15 is 0 Å². The fraction of sp³-hybridized carbons (Fsp3) is 0.667. The van der Waals surface area contributed by atoms with Gasteiger partial charge in [-0.05, 0) is 13.8 Å². The smallest absolute Gasteiger partial charge is 0.254 e. The molecule has 1 atom stereocenters. The first-order valence-corrected chi connectivity index (χ1v) is 6.27. The number of hydrogen-bond donors (Lipinski definition) is 2. The van der Waals surface area contributed by atoms with E-state index in [2.05, 4.69) is 20.4 Å². The molecule has 18 heavy (non-hydrogen) atoms. The van der Waals surface area contributed by atoms with E-state index in [0.717, 1.165) is 38.5 Å². The van der Waals surface area contributed by atoms with Gasteiger partial charge in [-0.2, -0.15) is 5.10 Å². The lowest BCUT2D eigenvalue weighted by Gasteiger charge is -2.29. The number of nitrogens with one attached hydrogen (secondary N) is 2. The van der Waals surface area contributed by atoms with Gasteiger partial charge in [0.15, 0.2) is 0 Å². The summed E-state index contributed by atoms with van der Waals surface area (Å²) in [5.41, 5.74) is 1.41. The summed E-state index contributed by atoms with van der Waals surface area (Å²) in [5.74, 6) is -0.0676. The van der Waals surface area contributed by atoms with Crippen molar-refractivity contribution in [3.63, 3.8) is 0 Å². The summed E-state index contributed by atoms with van der Waals surface area (Å²) in [6, 6.07) is 0.116. The summed E-state index contributed by atoms with van der Waals surface area (Å²) >= 11 is 0. The van der Waals surface area contributed by atoms with E-state index in [4.69, 9.17) is 4.74 Å². The molecule has 0 aromatic carbocycles. The number of H-pyrrole nitrogens is 1. The number of aromatic amines is 1. The molecular formula is C12H20N4O2. The summed E-state index contributed by atoms with van der Waals surface area (Å²) in [7, 11) is 0. The Morgan fingerprint density at radius 1 is 1.61 bits per heavy atom. The van der Waals surface area contributed by atoms with Gasteiger partial charge in [-0.1, -0.05) is 0 Å². The fourth-order valence-electron chi connectivity index (χ4n) is 2.10. The predicted octanol–water partition coefficient (Wildman–Crippen LogP) is 0.169. The SMILES string of the molecule is Cc1[nH]ncc1C(=O)NC(C)CN1CCOCC1. The molecule has 0 saturated carbocycles. The van der Waals surface area contributed by atoms with Gasteiger partial charge in [-0.15, -0.1) is 0 Å². The molecule has 1 aliphatic heterocycles. The third-order valence-corrected chi connectivity index (χ3v) is 3.09. The molecule has 1 amide bonds. The highest BCUT2D eigenvalue weighted by atomic mass is 16.5. The van der Waals surface area contributed by atoms with Crippen LogP contribution in [-0.2, 0) is 4.74 Å². The van der Waals surface area contributed by atoms with Gasteiger partial charge in [0, 0.05) is 31.4 Å². The zero-order chi connectivity index (χ0) is 13.0. The lowest BCUT2D eigenvalue weighted by Crippen LogP contribution is -2.46. The Balaban J connectivity index is 1.81. The minimum absolute atomic E-state index is 0.0676. The van der Waals surface area contributed by atoms with Crippen LogP contribution in [0.25, 0.3) is 0 Å². The first-order chi connectivity index (χ1) is 8.66. The monoisotopic (exact) mass is 252 g/mol. The van der Waals surface area contributed by atoms with Crippen LogP contribution in [-0.4, -0.2) is 59.9 Å². The molecule has 0 radical (unpaired) electrons. The third-order valence-electron chi connectivity index (χ3n) is 3.09. The van der Waals surface area contributed by atoms with Crippen molar-refractivity contribution in [1.29, 1.82) is 0 Å². The van der Waals surface area contributed by atoms with Crippen LogP contribution in [0.2, 0.25) is 0 Å². The molecule has 0 spiro atoms. The zero-order valence-electron chi connectivity index (χ0n) is 10.9. The highest BCUT2D eigenvalue weighted by molar-refractivity contribution is 5.95. The molecule has 1 unspecified atom stereocenters. The van der Waals surface area contributed by atoms with Crippen molar-refractivity contribution in [2.75, 3.05) is 32.8 Å². The number of amides is 1. The molecule has 1 aromatic rings. The Labute approximate surface area is 107 Å². The van der Waals surface area contributed by atoms with Crippen molar-refractivity contribution in [3.05, 3.63) is 17.5 Å². The first-order valence-electron chi connectivity index (χ1n) is 6.27. The molecule has 1 saturated heterocycles. The number of aromatic nitrogens is 2. The standard InChI is InChI=1S/C12H20N4O2/c1-9(8-16-3-5-18-6-4-16)14-12(17)11-7-13-15-10(11)2/h7,9H,3-6,8H2,1-2H3,(H,13,15)(H,14,17). The van der Waals surface area contributed by atoms with Gasteiger partial charge in [0.05, 0.1) is 25.0 Å². The molecule has 100 valence electrons. The number of carbonyl (C=O) groups excluding carboxylic acids is 1. The van der Waals surface area contributed by atoms with E-state index in [1.807, 2.05) is 13.8 Å². The van der Waals surface area contributed by atoms with Crippen molar-refractivity contribution in [1.82, 2.24) is 20.4 Å². The minimum Gasteiger partial charge on any atom is -0.379 e. The summed E-state index contributed by atoms with van der Waals surface area (Å²) in [6.07, 6.45) is 1.56. The molecule has 0 aliphatic carbocycles. The van der Waals surface area contributed by atoms with Crippen molar-refractivity contribution in [2.45, 2.75) is 19.9 Å². The Bertz CT molecular complexity index is 399. The number of morpholine rings is 1. The molecule has 1 fully saturated rings. The van der Waals surface area contributed by atoms with Gasteiger partial charge < -0.3 is 10.1 Å². The Morgan fingerprint density at radius 3 is 2.94 bits per heavy atom. The molecular weight excluding hydrogens is 232 g/mol. The number of rotatable bonds is 4. The van der Waals surface area contributed by atoms with Crippen LogP contribution in [0.1, 0.15) is 23.0 Å². The van der Waals surface area contributed by atoms with Crippen LogP contribution in [0.5, 0.6) is 0 Å². The lowest BCUT2D eigenvalue weighted by atomic mass is 10.2. The van der Waals surface area contributed by atoms with Gasteiger partial charge >= 0.3 is 0 Å². The van der Waals surface area contributed by atoms with E-state index in [1.165, 1.54) is 0 Å². The number of ether oxygens (including phenoxy) is 1. The zero-order valence-corrected chi connectivity index (χ0v) is 10.9. The molecule has 2 N–H and O–H groups in total. The average molecular weight is 252 g/mol. The predicted molar refractivity (Wildman–Crippen MR) is 67.5 cm³/mol.